The Morgan fingerprint density at radius 2 is 1.83 bits per heavy atom. The normalized spacial score (nSPS) is 18.7. The lowest BCUT2D eigenvalue weighted by Crippen LogP contribution is -2.53. The highest BCUT2D eigenvalue weighted by molar-refractivity contribution is 6.42. The highest BCUT2D eigenvalue weighted by Gasteiger charge is 2.46. The zero-order valence-corrected chi connectivity index (χ0v) is 16.7. The largest absolute Gasteiger partial charge is 0.466 e. The van der Waals surface area contributed by atoms with Gasteiger partial charge in [-0.2, -0.15) is 0 Å². The number of hydrogen-bond acceptors (Lipinski definition) is 4. The number of amides is 1. The second kappa shape index (κ2) is 9.15. The lowest BCUT2D eigenvalue weighted by atomic mass is 9.74. The third-order valence-electron chi connectivity index (χ3n) is 5.35. The molecule has 1 amide bonds. The molecule has 0 spiro atoms. The number of benzene rings is 2. The summed E-state index contributed by atoms with van der Waals surface area (Å²) in [5, 5.41) is 0. The maximum Gasteiger partial charge on any atom is 0.314 e. The average Bonchev–Trinajstić information content (AvgIpc) is 2.75. The van der Waals surface area contributed by atoms with Crippen molar-refractivity contribution >= 4 is 17.7 Å². The molecular weight excluding hydrogens is 392 g/mol. The van der Waals surface area contributed by atoms with E-state index in [1.807, 2.05) is 0 Å². The van der Waals surface area contributed by atoms with Crippen molar-refractivity contribution in [2.45, 2.75) is 26.2 Å². The zero-order chi connectivity index (χ0) is 21.7. The quantitative estimate of drug-likeness (QED) is 0.411. The van der Waals surface area contributed by atoms with Gasteiger partial charge in [0.25, 0.3) is 5.91 Å². The van der Waals surface area contributed by atoms with Crippen LogP contribution in [-0.4, -0.2) is 42.3 Å². The van der Waals surface area contributed by atoms with Gasteiger partial charge in [0.1, 0.15) is 11.6 Å². The monoisotopic (exact) mass is 415 g/mol. The number of halogens is 2. The molecule has 1 saturated heterocycles. The van der Waals surface area contributed by atoms with Crippen molar-refractivity contribution in [3.05, 3.63) is 71.3 Å². The maximum atomic E-state index is 14.3. The fraction of sp³-hybridized carbons (Fsp3) is 0.348. The van der Waals surface area contributed by atoms with Gasteiger partial charge in [0.2, 0.25) is 5.78 Å². The average molecular weight is 415 g/mol. The molecule has 3 rings (SSSR count). The molecule has 1 fully saturated rings. The highest BCUT2D eigenvalue weighted by atomic mass is 19.1. The van der Waals surface area contributed by atoms with Crippen molar-refractivity contribution < 1.29 is 27.9 Å². The van der Waals surface area contributed by atoms with Crippen LogP contribution in [0.25, 0.3) is 0 Å². The number of rotatable bonds is 6. The predicted molar refractivity (Wildman–Crippen MR) is 106 cm³/mol. The van der Waals surface area contributed by atoms with Crippen LogP contribution >= 0.6 is 0 Å². The van der Waals surface area contributed by atoms with Crippen LogP contribution in [0.1, 0.15) is 35.7 Å². The van der Waals surface area contributed by atoms with Crippen LogP contribution in [0.2, 0.25) is 0 Å². The van der Waals surface area contributed by atoms with E-state index in [9.17, 15) is 23.2 Å². The number of hydrogen-bond donors (Lipinski definition) is 0. The number of likely N-dealkylation sites (tertiary alicyclic amines) is 1. The Kier molecular flexibility index (Phi) is 6.59. The van der Waals surface area contributed by atoms with Gasteiger partial charge in [0.05, 0.1) is 12.0 Å². The Hall–Kier alpha value is -3.09. The van der Waals surface area contributed by atoms with Crippen LogP contribution in [0.3, 0.4) is 0 Å². The van der Waals surface area contributed by atoms with Gasteiger partial charge in [-0.15, -0.1) is 0 Å². The summed E-state index contributed by atoms with van der Waals surface area (Å²) in [6.07, 6.45) is 0.767. The number of nitrogens with zero attached hydrogens (tertiary/aromatic N) is 1. The summed E-state index contributed by atoms with van der Waals surface area (Å²) >= 11 is 0. The Balaban J connectivity index is 1.88. The van der Waals surface area contributed by atoms with Crippen molar-refractivity contribution in [3.63, 3.8) is 0 Å². The van der Waals surface area contributed by atoms with Crippen LogP contribution < -0.4 is 0 Å². The Labute approximate surface area is 173 Å². The van der Waals surface area contributed by atoms with Crippen molar-refractivity contribution in [2.75, 3.05) is 19.7 Å². The third-order valence-corrected chi connectivity index (χ3v) is 5.35. The number of carbonyl (C=O) groups is 3. The standard InChI is InChI=1S/C23H23F2NO4/c1-2-30-22(29)23(14-17-9-10-18(24)13-19(17)25)11-6-12-26(15-23)21(28)20(27)16-7-4-3-5-8-16/h3-5,7-10,13H,2,6,11-12,14-15H2,1H3/t23-/m0/s1. The predicted octanol–water partition coefficient (Wildman–Crippen LogP) is 3.56. The molecule has 0 bridgehead atoms. The molecule has 1 heterocycles. The summed E-state index contributed by atoms with van der Waals surface area (Å²) in [4.78, 5) is 39.6. The van der Waals surface area contributed by atoms with Gasteiger partial charge in [-0.25, -0.2) is 8.78 Å². The summed E-state index contributed by atoms with van der Waals surface area (Å²) < 4.78 is 32.8. The van der Waals surface area contributed by atoms with Crippen molar-refractivity contribution in [2.24, 2.45) is 5.41 Å². The van der Waals surface area contributed by atoms with Crippen LogP contribution in [0, 0.1) is 17.0 Å². The van der Waals surface area contributed by atoms with Crippen LogP contribution in [-0.2, 0) is 20.7 Å². The van der Waals surface area contributed by atoms with E-state index in [-0.39, 0.29) is 30.7 Å². The number of esters is 1. The molecule has 0 aliphatic carbocycles. The Morgan fingerprint density at radius 3 is 2.50 bits per heavy atom. The Bertz CT molecular complexity index is 947. The summed E-state index contributed by atoms with van der Waals surface area (Å²) in [5.74, 6) is -3.41. The zero-order valence-electron chi connectivity index (χ0n) is 16.7. The van der Waals surface area contributed by atoms with Gasteiger partial charge >= 0.3 is 5.97 Å². The van der Waals surface area contributed by atoms with E-state index in [2.05, 4.69) is 0 Å². The molecule has 7 heteroatoms. The molecule has 5 nitrogen and oxygen atoms in total. The molecule has 1 aliphatic rings. The first-order valence-electron chi connectivity index (χ1n) is 9.86. The molecule has 30 heavy (non-hydrogen) atoms. The van der Waals surface area contributed by atoms with E-state index >= 15 is 0 Å². The maximum absolute atomic E-state index is 14.3. The van der Waals surface area contributed by atoms with Crippen LogP contribution in [0.15, 0.2) is 48.5 Å². The molecule has 2 aromatic rings. The van der Waals surface area contributed by atoms with Crippen molar-refractivity contribution in [1.82, 2.24) is 4.90 Å². The van der Waals surface area contributed by atoms with Gasteiger partial charge in [-0.05, 0) is 37.8 Å². The van der Waals surface area contributed by atoms with Gasteiger partial charge in [0, 0.05) is 24.7 Å². The molecule has 0 radical (unpaired) electrons. The molecule has 2 aromatic carbocycles. The smallest absolute Gasteiger partial charge is 0.314 e. The van der Waals surface area contributed by atoms with E-state index in [0.29, 0.717) is 19.4 Å². The number of piperidine rings is 1. The van der Waals surface area contributed by atoms with Crippen molar-refractivity contribution in [3.8, 4) is 0 Å². The van der Waals surface area contributed by atoms with Gasteiger partial charge in [0.15, 0.2) is 0 Å². The van der Waals surface area contributed by atoms with Crippen molar-refractivity contribution in [1.29, 1.82) is 0 Å². The molecule has 158 valence electrons. The summed E-state index contributed by atoms with van der Waals surface area (Å²) in [7, 11) is 0. The molecular formula is C23H23F2NO4. The third kappa shape index (κ3) is 4.56. The van der Waals surface area contributed by atoms with Crippen LogP contribution in [0.4, 0.5) is 8.78 Å². The Morgan fingerprint density at radius 1 is 1.10 bits per heavy atom. The van der Waals surface area contributed by atoms with E-state index in [0.717, 1.165) is 12.1 Å². The number of ketones is 1. The first-order chi connectivity index (χ1) is 14.4. The molecule has 0 aromatic heterocycles. The molecule has 1 atom stereocenters. The number of Topliss-reactive ketones (excluding diaryl/α,β-unsaturated/α-hetero) is 1. The van der Waals surface area contributed by atoms with Gasteiger partial charge in [-0.3, -0.25) is 14.4 Å². The van der Waals surface area contributed by atoms with E-state index in [4.69, 9.17) is 4.74 Å². The molecule has 0 saturated carbocycles. The first kappa shape index (κ1) is 21.6. The van der Waals surface area contributed by atoms with E-state index < -0.39 is 34.7 Å². The van der Waals surface area contributed by atoms with Gasteiger partial charge < -0.3 is 9.64 Å². The minimum absolute atomic E-state index is 0.0543. The van der Waals surface area contributed by atoms with E-state index in [1.165, 1.54) is 11.0 Å². The lowest BCUT2D eigenvalue weighted by molar-refractivity contribution is -0.160. The molecule has 0 N–H and O–H groups in total. The molecule has 1 aliphatic heterocycles. The minimum Gasteiger partial charge on any atom is -0.466 e. The topological polar surface area (TPSA) is 63.7 Å². The first-order valence-corrected chi connectivity index (χ1v) is 9.86. The summed E-state index contributed by atoms with van der Waals surface area (Å²) in [5.41, 5.74) is -0.785. The minimum atomic E-state index is -1.21. The number of ether oxygens (including phenoxy) is 1. The summed E-state index contributed by atoms with van der Waals surface area (Å²) in [6.45, 7) is 2.03. The highest BCUT2D eigenvalue weighted by Crippen LogP contribution is 2.36. The second-order valence-corrected chi connectivity index (χ2v) is 7.44. The lowest BCUT2D eigenvalue weighted by Gasteiger charge is -2.40. The fourth-order valence-electron chi connectivity index (χ4n) is 3.86. The number of carbonyl (C=O) groups excluding carboxylic acids is 3. The van der Waals surface area contributed by atoms with Gasteiger partial charge in [-0.1, -0.05) is 36.4 Å². The van der Waals surface area contributed by atoms with E-state index in [1.54, 1.807) is 37.3 Å². The SMILES string of the molecule is CCOC(=O)[C@]1(Cc2ccc(F)cc2F)CCCN(C(=O)C(=O)c2ccccc2)C1. The fourth-order valence-corrected chi connectivity index (χ4v) is 3.86. The molecule has 0 unspecified atom stereocenters. The van der Waals surface area contributed by atoms with Crippen LogP contribution in [0.5, 0.6) is 0 Å². The summed E-state index contributed by atoms with van der Waals surface area (Å²) in [6, 6.07) is 11.4. The second-order valence-electron chi connectivity index (χ2n) is 7.44.